The molecule has 0 aliphatic carbocycles. The Labute approximate surface area is 124 Å². The molecule has 2 aromatic rings. The predicted octanol–water partition coefficient (Wildman–Crippen LogP) is 4.43. The average molecular weight is 347 g/mol. The molecule has 0 saturated carbocycles. The lowest BCUT2D eigenvalue weighted by Gasteiger charge is -2.12. The molecule has 1 atom stereocenters. The monoisotopic (exact) mass is 345 g/mol. The lowest BCUT2D eigenvalue weighted by molar-refractivity contribution is 0.177. The second-order valence-corrected chi connectivity index (χ2v) is 5.61. The number of aliphatic hydroxyl groups is 1. The van der Waals surface area contributed by atoms with E-state index in [1.165, 1.54) is 0 Å². The van der Waals surface area contributed by atoms with Crippen molar-refractivity contribution in [2.24, 2.45) is 0 Å². The van der Waals surface area contributed by atoms with Gasteiger partial charge < -0.3 is 5.11 Å². The molecule has 0 aliphatic heterocycles. The number of benzene rings is 1. The summed E-state index contributed by atoms with van der Waals surface area (Å²) in [5.74, 6) is 0. The molecular weight excluding hydrogens is 337 g/mol. The first kappa shape index (κ1) is 13.8. The number of hydrogen-bond donors (Lipinski definition) is 1. The lowest BCUT2D eigenvalue weighted by Crippen LogP contribution is -2.04. The second-order valence-electron chi connectivity index (χ2n) is 3.85. The van der Waals surface area contributed by atoms with Crippen LogP contribution in [0.25, 0.3) is 0 Å². The van der Waals surface area contributed by atoms with Crippen LogP contribution in [-0.4, -0.2) is 10.1 Å². The molecule has 1 heterocycles. The Morgan fingerprint density at radius 3 is 2.67 bits per heavy atom. The SMILES string of the molecule is OC(Cc1ccc(Br)cn1)c1cc(Cl)ccc1Cl. The van der Waals surface area contributed by atoms with Gasteiger partial charge in [0.1, 0.15) is 0 Å². The topological polar surface area (TPSA) is 33.1 Å². The van der Waals surface area contributed by atoms with Gasteiger partial charge in [-0.15, -0.1) is 0 Å². The maximum absolute atomic E-state index is 10.2. The largest absolute Gasteiger partial charge is 0.388 e. The van der Waals surface area contributed by atoms with Crippen molar-refractivity contribution in [1.82, 2.24) is 4.98 Å². The van der Waals surface area contributed by atoms with Crippen LogP contribution >= 0.6 is 39.1 Å². The highest BCUT2D eigenvalue weighted by Gasteiger charge is 2.13. The first-order chi connectivity index (χ1) is 8.56. The number of hydrogen-bond acceptors (Lipinski definition) is 2. The number of aliphatic hydroxyl groups excluding tert-OH is 1. The van der Waals surface area contributed by atoms with E-state index in [-0.39, 0.29) is 0 Å². The van der Waals surface area contributed by atoms with Crippen LogP contribution in [0.5, 0.6) is 0 Å². The second kappa shape index (κ2) is 6.02. The Hall–Kier alpha value is -0.610. The van der Waals surface area contributed by atoms with Crippen LogP contribution in [0.15, 0.2) is 41.0 Å². The molecule has 1 aromatic carbocycles. The molecule has 94 valence electrons. The summed E-state index contributed by atoms with van der Waals surface area (Å²) < 4.78 is 0.904. The van der Waals surface area contributed by atoms with Gasteiger partial charge in [0, 0.05) is 38.4 Å². The molecule has 0 spiro atoms. The summed E-state index contributed by atoms with van der Waals surface area (Å²) in [4.78, 5) is 4.21. The Morgan fingerprint density at radius 2 is 2.00 bits per heavy atom. The third-order valence-corrected chi connectivity index (χ3v) is 3.56. The van der Waals surface area contributed by atoms with Crippen LogP contribution in [0, 0.1) is 0 Å². The minimum absolute atomic E-state index is 0.396. The zero-order chi connectivity index (χ0) is 13.1. The van der Waals surface area contributed by atoms with E-state index in [1.54, 1.807) is 24.4 Å². The zero-order valence-corrected chi connectivity index (χ0v) is 12.4. The van der Waals surface area contributed by atoms with Gasteiger partial charge in [-0.25, -0.2) is 0 Å². The normalized spacial score (nSPS) is 12.4. The van der Waals surface area contributed by atoms with Crippen molar-refractivity contribution in [2.75, 3.05) is 0 Å². The van der Waals surface area contributed by atoms with Crippen molar-refractivity contribution >= 4 is 39.1 Å². The van der Waals surface area contributed by atoms with Crippen LogP contribution < -0.4 is 0 Å². The summed E-state index contributed by atoms with van der Waals surface area (Å²) in [5, 5.41) is 11.2. The molecular formula is C13H10BrCl2NO. The smallest absolute Gasteiger partial charge is 0.0860 e. The van der Waals surface area contributed by atoms with Crippen LogP contribution in [0.2, 0.25) is 10.0 Å². The molecule has 0 amide bonds. The third-order valence-electron chi connectivity index (χ3n) is 2.51. The highest BCUT2D eigenvalue weighted by molar-refractivity contribution is 9.10. The Bertz CT molecular complexity index is 545. The summed E-state index contributed by atoms with van der Waals surface area (Å²) in [6, 6.07) is 8.78. The zero-order valence-electron chi connectivity index (χ0n) is 9.28. The Balaban J connectivity index is 2.18. The fraction of sp³-hybridized carbons (Fsp3) is 0.154. The van der Waals surface area contributed by atoms with Gasteiger partial charge in [0.05, 0.1) is 6.10 Å². The summed E-state index contributed by atoms with van der Waals surface area (Å²) in [5.41, 5.74) is 1.41. The summed E-state index contributed by atoms with van der Waals surface area (Å²) in [6.45, 7) is 0. The van der Waals surface area contributed by atoms with Crippen LogP contribution in [0.4, 0.5) is 0 Å². The highest BCUT2D eigenvalue weighted by atomic mass is 79.9. The van der Waals surface area contributed by atoms with Gasteiger partial charge >= 0.3 is 0 Å². The van der Waals surface area contributed by atoms with E-state index < -0.39 is 6.10 Å². The van der Waals surface area contributed by atoms with E-state index in [4.69, 9.17) is 23.2 Å². The van der Waals surface area contributed by atoms with Gasteiger partial charge in [-0.1, -0.05) is 23.2 Å². The van der Waals surface area contributed by atoms with Gasteiger partial charge in [-0.2, -0.15) is 0 Å². The lowest BCUT2D eigenvalue weighted by atomic mass is 10.0. The summed E-state index contributed by atoms with van der Waals surface area (Å²) in [6.07, 6.45) is 1.37. The molecule has 5 heteroatoms. The fourth-order valence-corrected chi connectivity index (χ4v) is 2.26. The van der Waals surface area contributed by atoms with Gasteiger partial charge in [-0.3, -0.25) is 4.98 Å². The van der Waals surface area contributed by atoms with E-state index in [1.807, 2.05) is 12.1 Å². The number of rotatable bonds is 3. The molecule has 1 N–H and O–H groups in total. The Kier molecular flexibility index (Phi) is 4.62. The summed E-state index contributed by atoms with van der Waals surface area (Å²) in [7, 11) is 0. The fourth-order valence-electron chi connectivity index (χ4n) is 1.61. The van der Waals surface area contributed by atoms with E-state index in [2.05, 4.69) is 20.9 Å². The van der Waals surface area contributed by atoms with Crippen molar-refractivity contribution in [3.05, 3.63) is 62.3 Å². The van der Waals surface area contributed by atoms with Crippen LogP contribution in [0.3, 0.4) is 0 Å². The first-order valence-corrected chi connectivity index (χ1v) is 6.84. The van der Waals surface area contributed by atoms with Crippen molar-refractivity contribution in [1.29, 1.82) is 0 Å². The van der Waals surface area contributed by atoms with Crippen molar-refractivity contribution < 1.29 is 5.11 Å². The quantitative estimate of drug-likeness (QED) is 0.891. The van der Waals surface area contributed by atoms with Gasteiger partial charge in [-0.05, 0) is 46.3 Å². The summed E-state index contributed by atoms with van der Waals surface area (Å²) >= 11 is 15.2. The van der Waals surface area contributed by atoms with Crippen molar-refractivity contribution in [3.8, 4) is 0 Å². The number of halogens is 3. The highest BCUT2D eigenvalue weighted by Crippen LogP contribution is 2.28. The first-order valence-electron chi connectivity index (χ1n) is 5.29. The van der Waals surface area contributed by atoms with Crippen LogP contribution in [-0.2, 0) is 6.42 Å². The minimum Gasteiger partial charge on any atom is -0.388 e. The van der Waals surface area contributed by atoms with Crippen molar-refractivity contribution in [2.45, 2.75) is 12.5 Å². The number of nitrogens with zero attached hydrogens (tertiary/aromatic N) is 1. The number of pyridine rings is 1. The maximum atomic E-state index is 10.2. The predicted molar refractivity (Wildman–Crippen MR) is 77.1 cm³/mol. The van der Waals surface area contributed by atoms with Gasteiger partial charge in [0.25, 0.3) is 0 Å². The van der Waals surface area contributed by atoms with E-state index >= 15 is 0 Å². The molecule has 0 saturated heterocycles. The molecule has 2 nitrogen and oxygen atoms in total. The standard InChI is InChI=1S/C13H10BrCl2NO/c14-8-1-3-10(17-7-8)6-13(18)11-5-9(15)2-4-12(11)16/h1-5,7,13,18H,6H2. The van der Waals surface area contributed by atoms with E-state index in [0.29, 0.717) is 22.0 Å². The molecule has 0 fully saturated rings. The minimum atomic E-state index is -0.718. The van der Waals surface area contributed by atoms with Crippen molar-refractivity contribution in [3.63, 3.8) is 0 Å². The average Bonchev–Trinajstić information content (AvgIpc) is 2.35. The molecule has 0 radical (unpaired) electrons. The molecule has 18 heavy (non-hydrogen) atoms. The Morgan fingerprint density at radius 1 is 1.22 bits per heavy atom. The van der Waals surface area contributed by atoms with E-state index in [9.17, 15) is 5.11 Å². The molecule has 1 aromatic heterocycles. The van der Waals surface area contributed by atoms with E-state index in [0.717, 1.165) is 10.2 Å². The third kappa shape index (κ3) is 3.45. The molecule has 1 unspecified atom stereocenters. The van der Waals surface area contributed by atoms with Gasteiger partial charge in [0.2, 0.25) is 0 Å². The molecule has 0 bridgehead atoms. The molecule has 2 rings (SSSR count). The molecule has 0 aliphatic rings. The van der Waals surface area contributed by atoms with Crippen LogP contribution in [0.1, 0.15) is 17.4 Å². The van der Waals surface area contributed by atoms with Gasteiger partial charge in [0.15, 0.2) is 0 Å². The maximum Gasteiger partial charge on any atom is 0.0860 e. The number of aromatic nitrogens is 1.